The van der Waals surface area contributed by atoms with Gasteiger partial charge in [-0.15, -0.1) is 0 Å². The monoisotopic (exact) mass is 284 g/mol. The maximum atomic E-state index is 12.3. The average Bonchev–Trinajstić information content (AvgIpc) is 2.89. The van der Waals surface area contributed by atoms with E-state index in [2.05, 4.69) is 0 Å². The molecule has 0 radical (unpaired) electrons. The van der Waals surface area contributed by atoms with Crippen LogP contribution < -0.4 is 5.73 Å². The Morgan fingerprint density at radius 2 is 2.00 bits per heavy atom. The number of morpholine rings is 1. The van der Waals surface area contributed by atoms with Crippen LogP contribution in [0.2, 0.25) is 0 Å². The van der Waals surface area contributed by atoms with Crippen LogP contribution in [-0.4, -0.2) is 48.4 Å². The molecule has 1 amide bonds. The zero-order chi connectivity index (χ0) is 14.8. The lowest BCUT2D eigenvalue weighted by atomic mass is 9.91. The third-order valence-electron chi connectivity index (χ3n) is 4.18. The molecule has 0 aromatic rings. The summed E-state index contributed by atoms with van der Waals surface area (Å²) in [5.74, 6) is 0.506. The van der Waals surface area contributed by atoms with Crippen LogP contribution in [0.1, 0.15) is 46.5 Å². The molecule has 2 N–H and O–H groups in total. The second-order valence-corrected chi connectivity index (χ2v) is 6.94. The summed E-state index contributed by atoms with van der Waals surface area (Å²) in [7, 11) is 0. The smallest absolute Gasteiger partial charge is 0.410 e. The SMILES string of the molecule is CC(C)(C)OC(=O)N1CCOCC1C(N)C1CCCC1. The third-order valence-corrected chi connectivity index (χ3v) is 4.18. The molecule has 0 aromatic carbocycles. The molecule has 1 saturated carbocycles. The van der Waals surface area contributed by atoms with Crippen LogP contribution in [-0.2, 0) is 9.47 Å². The molecule has 2 fully saturated rings. The van der Waals surface area contributed by atoms with E-state index in [1.807, 2.05) is 20.8 Å². The fourth-order valence-electron chi connectivity index (χ4n) is 3.15. The van der Waals surface area contributed by atoms with E-state index in [4.69, 9.17) is 15.2 Å². The topological polar surface area (TPSA) is 64.8 Å². The van der Waals surface area contributed by atoms with Crippen molar-refractivity contribution in [2.24, 2.45) is 11.7 Å². The molecule has 0 aromatic heterocycles. The summed E-state index contributed by atoms with van der Waals surface area (Å²) in [6.07, 6.45) is 4.57. The molecule has 1 heterocycles. The van der Waals surface area contributed by atoms with Gasteiger partial charge in [0, 0.05) is 12.6 Å². The highest BCUT2D eigenvalue weighted by Gasteiger charge is 2.38. The fraction of sp³-hybridized carbons (Fsp3) is 0.933. The molecule has 2 unspecified atom stereocenters. The van der Waals surface area contributed by atoms with Crippen LogP contribution in [0.5, 0.6) is 0 Å². The molecule has 20 heavy (non-hydrogen) atoms. The summed E-state index contributed by atoms with van der Waals surface area (Å²) in [5.41, 5.74) is 5.94. The van der Waals surface area contributed by atoms with Gasteiger partial charge < -0.3 is 15.2 Å². The predicted molar refractivity (Wildman–Crippen MR) is 77.5 cm³/mol. The largest absolute Gasteiger partial charge is 0.444 e. The highest BCUT2D eigenvalue weighted by atomic mass is 16.6. The minimum atomic E-state index is -0.475. The molecule has 5 nitrogen and oxygen atoms in total. The molecule has 2 atom stereocenters. The zero-order valence-corrected chi connectivity index (χ0v) is 12.9. The van der Waals surface area contributed by atoms with Gasteiger partial charge in [0.05, 0.1) is 19.3 Å². The van der Waals surface area contributed by atoms with E-state index < -0.39 is 5.60 Å². The van der Waals surface area contributed by atoms with Crippen molar-refractivity contribution < 1.29 is 14.3 Å². The first-order chi connectivity index (χ1) is 9.38. The van der Waals surface area contributed by atoms with Crippen LogP contribution in [0, 0.1) is 5.92 Å². The number of carbonyl (C=O) groups excluding carboxylic acids is 1. The molecule has 5 heteroatoms. The van der Waals surface area contributed by atoms with Crippen molar-refractivity contribution in [3.05, 3.63) is 0 Å². The molecule has 2 aliphatic rings. The maximum Gasteiger partial charge on any atom is 0.410 e. The van der Waals surface area contributed by atoms with Crippen molar-refractivity contribution in [2.75, 3.05) is 19.8 Å². The van der Waals surface area contributed by atoms with Gasteiger partial charge in [-0.1, -0.05) is 12.8 Å². The molecule has 1 saturated heterocycles. The lowest BCUT2D eigenvalue weighted by molar-refractivity contribution is -0.0422. The van der Waals surface area contributed by atoms with Crippen LogP contribution in [0.15, 0.2) is 0 Å². The van der Waals surface area contributed by atoms with Crippen LogP contribution in [0.3, 0.4) is 0 Å². The van der Waals surface area contributed by atoms with Gasteiger partial charge in [-0.2, -0.15) is 0 Å². The molecule has 2 rings (SSSR count). The van der Waals surface area contributed by atoms with Gasteiger partial charge in [-0.25, -0.2) is 4.79 Å². The minimum Gasteiger partial charge on any atom is -0.444 e. The van der Waals surface area contributed by atoms with Gasteiger partial charge in [0.1, 0.15) is 5.60 Å². The average molecular weight is 284 g/mol. The molecule has 1 aliphatic heterocycles. The van der Waals surface area contributed by atoms with Crippen molar-refractivity contribution in [3.63, 3.8) is 0 Å². The second-order valence-electron chi connectivity index (χ2n) is 6.94. The lowest BCUT2D eigenvalue weighted by Gasteiger charge is -2.41. The summed E-state index contributed by atoms with van der Waals surface area (Å²) >= 11 is 0. The van der Waals surface area contributed by atoms with Crippen molar-refractivity contribution in [2.45, 2.75) is 64.1 Å². The van der Waals surface area contributed by atoms with E-state index in [1.54, 1.807) is 4.90 Å². The standard InChI is InChI=1S/C15H28N2O3/c1-15(2,3)20-14(18)17-8-9-19-10-12(17)13(16)11-6-4-5-7-11/h11-13H,4-10,16H2,1-3H3. The van der Waals surface area contributed by atoms with Gasteiger partial charge >= 0.3 is 6.09 Å². The van der Waals surface area contributed by atoms with Crippen LogP contribution in [0.25, 0.3) is 0 Å². The molecular weight excluding hydrogens is 256 g/mol. The van der Waals surface area contributed by atoms with E-state index >= 15 is 0 Å². The van der Waals surface area contributed by atoms with Crippen LogP contribution >= 0.6 is 0 Å². The fourth-order valence-corrected chi connectivity index (χ4v) is 3.15. The van der Waals surface area contributed by atoms with E-state index in [9.17, 15) is 4.79 Å². The van der Waals surface area contributed by atoms with Crippen LogP contribution in [0.4, 0.5) is 4.79 Å². The number of amides is 1. The number of nitrogens with zero attached hydrogens (tertiary/aromatic N) is 1. The summed E-state index contributed by atoms with van der Waals surface area (Å²) in [6.45, 7) is 7.32. The summed E-state index contributed by atoms with van der Waals surface area (Å²) < 4.78 is 11.0. The molecule has 116 valence electrons. The van der Waals surface area contributed by atoms with Gasteiger partial charge in [0.15, 0.2) is 0 Å². The Hall–Kier alpha value is -0.810. The Bertz CT molecular complexity index is 335. The van der Waals surface area contributed by atoms with E-state index in [1.165, 1.54) is 25.7 Å². The summed E-state index contributed by atoms with van der Waals surface area (Å²) in [5, 5.41) is 0. The van der Waals surface area contributed by atoms with Gasteiger partial charge in [0.25, 0.3) is 0 Å². The molecule has 1 aliphatic carbocycles. The van der Waals surface area contributed by atoms with E-state index in [-0.39, 0.29) is 18.2 Å². The van der Waals surface area contributed by atoms with Crippen molar-refractivity contribution >= 4 is 6.09 Å². The maximum absolute atomic E-state index is 12.3. The van der Waals surface area contributed by atoms with Gasteiger partial charge in [-0.05, 0) is 39.5 Å². The Labute approximate surface area is 121 Å². The second kappa shape index (κ2) is 6.31. The van der Waals surface area contributed by atoms with E-state index in [0.29, 0.717) is 25.7 Å². The van der Waals surface area contributed by atoms with Crippen molar-refractivity contribution in [1.82, 2.24) is 4.90 Å². The Kier molecular flexibility index (Phi) is 4.91. The van der Waals surface area contributed by atoms with Crippen molar-refractivity contribution in [1.29, 1.82) is 0 Å². The van der Waals surface area contributed by atoms with E-state index in [0.717, 1.165) is 0 Å². The molecule has 0 spiro atoms. The quantitative estimate of drug-likeness (QED) is 0.843. The zero-order valence-electron chi connectivity index (χ0n) is 12.9. The number of rotatable bonds is 2. The minimum absolute atomic E-state index is 0.00896. The first-order valence-corrected chi connectivity index (χ1v) is 7.71. The lowest BCUT2D eigenvalue weighted by Crippen LogP contribution is -2.59. The Balaban J connectivity index is 2.02. The Morgan fingerprint density at radius 1 is 1.35 bits per heavy atom. The highest BCUT2D eigenvalue weighted by Crippen LogP contribution is 2.30. The number of carbonyl (C=O) groups is 1. The number of hydrogen-bond acceptors (Lipinski definition) is 4. The first-order valence-electron chi connectivity index (χ1n) is 7.71. The molecular formula is C15H28N2O3. The highest BCUT2D eigenvalue weighted by molar-refractivity contribution is 5.68. The number of nitrogens with two attached hydrogens (primary N) is 1. The number of ether oxygens (including phenoxy) is 2. The summed E-state index contributed by atoms with van der Waals surface area (Å²) in [4.78, 5) is 14.1. The molecule has 0 bridgehead atoms. The Morgan fingerprint density at radius 3 is 2.60 bits per heavy atom. The van der Waals surface area contributed by atoms with Gasteiger partial charge in [-0.3, -0.25) is 4.90 Å². The normalized spacial score (nSPS) is 26.6. The summed E-state index contributed by atoms with van der Waals surface area (Å²) in [6, 6.07) is -0.0629. The van der Waals surface area contributed by atoms with Gasteiger partial charge in [0.2, 0.25) is 0 Å². The number of hydrogen-bond donors (Lipinski definition) is 1. The third kappa shape index (κ3) is 3.85. The first kappa shape index (κ1) is 15.6. The van der Waals surface area contributed by atoms with Crippen molar-refractivity contribution in [3.8, 4) is 0 Å². The predicted octanol–water partition coefficient (Wildman–Crippen LogP) is 2.14.